The van der Waals surface area contributed by atoms with Crippen molar-refractivity contribution in [1.29, 1.82) is 0 Å². The summed E-state index contributed by atoms with van der Waals surface area (Å²) in [5.41, 5.74) is 10.9. The molecular weight excluding hydrogens is 198 g/mol. The lowest BCUT2D eigenvalue weighted by atomic mass is 9.98. The molecule has 16 heavy (non-hydrogen) atoms. The molecular formula is C13H27N3. The largest absolute Gasteiger partial charge is 0.370 e. The normalized spacial score (nSPS) is 21.8. The van der Waals surface area contributed by atoms with Gasteiger partial charge in [-0.25, -0.2) is 0 Å². The summed E-state index contributed by atoms with van der Waals surface area (Å²) in [6, 6.07) is 0.379. The Labute approximate surface area is 99.7 Å². The lowest BCUT2D eigenvalue weighted by Crippen LogP contribution is -2.25. The summed E-state index contributed by atoms with van der Waals surface area (Å²) < 4.78 is 0. The highest BCUT2D eigenvalue weighted by Gasteiger charge is 2.07. The molecule has 0 amide bonds. The van der Waals surface area contributed by atoms with Gasteiger partial charge in [0.05, 0.1) is 6.04 Å². The molecule has 1 rings (SSSR count). The van der Waals surface area contributed by atoms with Gasteiger partial charge in [0, 0.05) is 0 Å². The average molecular weight is 225 g/mol. The molecule has 4 N–H and O–H groups in total. The molecule has 0 atom stereocenters. The minimum atomic E-state index is 0.261. The third kappa shape index (κ3) is 6.70. The number of hydrogen-bond donors (Lipinski definition) is 2. The Morgan fingerprint density at radius 3 is 1.44 bits per heavy atom. The molecule has 1 fully saturated rings. The quantitative estimate of drug-likeness (QED) is 0.532. The van der Waals surface area contributed by atoms with Gasteiger partial charge in [-0.1, -0.05) is 57.8 Å². The van der Waals surface area contributed by atoms with Crippen LogP contribution < -0.4 is 11.5 Å². The Kier molecular flexibility index (Phi) is 7.02. The van der Waals surface area contributed by atoms with Crippen molar-refractivity contribution in [2.75, 3.05) is 0 Å². The standard InChI is InChI=1S/C13H27N3/c14-13(15)16-12-10-8-6-4-2-1-3-5-7-9-11-12/h12H,1-11H2,(H4,14,15,16). The lowest BCUT2D eigenvalue weighted by Gasteiger charge is -2.14. The molecule has 0 saturated heterocycles. The van der Waals surface area contributed by atoms with Crippen molar-refractivity contribution in [1.82, 2.24) is 0 Å². The van der Waals surface area contributed by atoms with Gasteiger partial charge in [-0.2, -0.15) is 0 Å². The van der Waals surface area contributed by atoms with Crippen LogP contribution in [0.1, 0.15) is 70.6 Å². The van der Waals surface area contributed by atoms with Gasteiger partial charge in [0.25, 0.3) is 0 Å². The number of nitrogens with two attached hydrogens (primary N) is 2. The second-order valence-corrected chi connectivity index (χ2v) is 4.97. The lowest BCUT2D eigenvalue weighted by molar-refractivity contribution is 0.466. The van der Waals surface area contributed by atoms with E-state index in [1.54, 1.807) is 0 Å². The first-order chi connectivity index (χ1) is 7.79. The molecule has 0 radical (unpaired) electrons. The predicted molar refractivity (Wildman–Crippen MR) is 70.4 cm³/mol. The molecule has 1 aliphatic carbocycles. The second kappa shape index (κ2) is 8.43. The van der Waals surface area contributed by atoms with Gasteiger partial charge in [0.2, 0.25) is 0 Å². The van der Waals surface area contributed by atoms with E-state index in [1.165, 1.54) is 57.8 Å². The van der Waals surface area contributed by atoms with Crippen LogP contribution in [0.4, 0.5) is 0 Å². The molecule has 0 spiro atoms. The topological polar surface area (TPSA) is 64.4 Å². The average Bonchev–Trinajstić information content (AvgIpc) is 2.21. The molecule has 0 aromatic rings. The Morgan fingerprint density at radius 2 is 1.06 bits per heavy atom. The van der Waals surface area contributed by atoms with Crippen LogP contribution in [-0.2, 0) is 0 Å². The first-order valence-electron chi connectivity index (χ1n) is 6.88. The molecule has 0 aromatic carbocycles. The summed E-state index contributed by atoms with van der Waals surface area (Å²) in [6.07, 6.45) is 14.6. The van der Waals surface area contributed by atoms with E-state index < -0.39 is 0 Å². The molecule has 94 valence electrons. The van der Waals surface area contributed by atoms with Crippen molar-refractivity contribution in [2.45, 2.75) is 76.7 Å². The molecule has 0 unspecified atom stereocenters. The molecule has 3 heteroatoms. The van der Waals surface area contributed by atoms with Crippen LogP contribution in [0, 0.1) is 0 Å². The monoisotopic (exact) mass is 225 g/mol. The Hall–Kier alpha value is -0.730. The molecule has 3 nitrogen and oxygen atoms in total. The zero-order valence-corrected chi connectivity index (χ0v) is 10.5. The molecule has 0 aliphatic heterocycles. The summed E-state index contributed by atoms with van der Waals surface area (Å²) in [7, 11) is 0. The summed E-state index contributed by atoms with van der Waals surface area (Å²) in [6.45, 7) is 0. The van der Waals surface area contributed by atoms with E-state index >= 15 is 0 Å². The number of rotatable bonds is 1. The van der Waals surface area contributed by atoms with Crippen molar-refractivity contribution in [3.8, 4) is 0 Å². The second-order valence-electron chi connectivity index (χ2n) is 4.97. The zero-order chi connectivity index (χ0) is 11.6. The van der Waals surface area contributed by atoms with Crippen LogP contribution in [0.15, 0.2) is 4.99 Å². The van der Waals surface area contributed by atoms with Gasteiger partial charge in [0.15, 0.2) is 5.96 Å². The first kappa shape index (κ1) is 13.3. The van der Waals surface area contributed by atoms with Gasteiger partial charge in [-0.3, -0.25) is 4.99 Å². The zero-order valence-electron chi connectivity index (χ0n) is 10.5. The number of nitrogens with zero attached hydrogens (tertiary/aromatic N) is 1. The van der Waals surface area contributed by atoms with Crippen molar-refractivity contribution in [2.24, 2.45) is 16.5 Å². The Morgan fingerprint density at radius 1 is 0.688 bits per heavy atom. The molecule has 0 aromatic heterocycles. The van der Waals surface area contributed by atoms with E-state index in [1.807, 2.05) is 0 Å². The predicted octanol–water partition coefficient (Wildman–Crippen LogP) is 2.93. The van der Waals surface area contributed by atoms with Gasteiger partial charge in [0.1, 0.15) is 0 Å². The van der Waals surface area contributed by atoms with E-state index in [4.69, 9.17) is 11.5 Å². The van der Waals surface area contributed by atoms with Crippen molar-refractivity contribution >= 4 is 5.96 Å². The third-order valence-corrected chi connectivity index (χ3v) is 3.41. The van der Waals surface area contributed by atoms with Gasteiger partial charge < -0.3 is 11.5 Å². The van der Waals surface area contributed by atoms with Crippen molar-refractivity contribution in [3.63, 3.8) is 0 Å². The van der Waals surface area contributed by atoms with Crippen LogP contribution in [0.3, 0.4) is 0 Å². The first-order valence-corrected chi connectivity index (χ1v) is 6.88. The van der Waals surface area contributed by atoms with Gasteiger partial charge >= 0.3 is 0 Å². The summed E-state index contributed by atoms with van der Waals surface area (Å²) in [4.78, 5) is 4.34. The maximum atomic E-state index is 5.47. The summed E-state index contributed by atoms with van der Waals surface area (Å²) >= 11 is 0. The summed E-state index contributed by atoms with van der Waals surface area (Å²) in [5, 5.41) is 0. The Bertz CT molecular complexity index is 185. The fourth-order valence-electron chi connectivity index (χ4n) is 2.48. The number of aliphatic imine (C=N–C) groups is 1. The van der Waals surface area contributed by atoms with E-state index in [0.29, 0.717) is 6.04 Å². The van der Waals surface area contributed by atoms with Crippen LogP contribution in [0.2, 0.25) is 0 Å². The SMILES string of the molecule is NC(N)=NC1CCCCCCCCCCC1. The van der Waals surface area contributed by atoms with E-state index in [0.717, 1.165) is 12.8 Å². The maximum Gasteiger partial charge on any atom is 0.186 e. The van der Waals surface area contributed by atoms with Crippen molar-refractivity contribution < 1.29 is 0 Å². The van der Waals surface area contributed by atoms with Crippen LogP contribution >= 0.6 is 0 Å². The molecule has 0 heterocycles. The summed E-state index contributed by atoms with van der Waals surface area (Å²) in [5.74, 6) is 0.261. The van der Waals surface area contributed by atoms with Crippen LogP contribution in [0.5, 0.6) is 0 Å². The highest BCUT2D eigenvalue weighted by molar-refractivity contribution is 5.75. The number of guanidine groups is 1. The Balaban J connectivity index is 2.33. The fourth-order valence-corrected chi connectivity index (χ4v) is 2.48. The minimum absolute atomic E-state index is 0.261. The highest BCUT2D eigenvalue weighted by Crippen LogP contribution is 2.18. The van der Waals surface area contributed by atoms with Crippen LogP contribution in [0.25, 0.3) is 0 Å². The van der Waals surface area contributed by atoms with Gasteiger partial charge in [-0.15, -0.1) is 0 Å². The molecule has 1 aliphatic rings. The van der Waals surface area contributed by atoms with E-state index in [9.17, 15) is 0 Å². The number of hydrogen-bond acceptors (Lipinski definition) is 1. The maximum absolute atomic E-state index is 5.47. The fraction of sp³-hybridized carbons (Fsp3) is 0.923. The third-order valence-electron chi connectivity index (χ3n) is 3.41. The smallest absolute Gasteiger partial charge is 0.186 e. The minimum Gasteiger partial charge on any atom is -0.370 e. The van der Waals surface area contributed by atoms with E-state index in [-0.39, 0.29) is 5.96 Å². The highest BCUT2D eigenvalue weighted by atomic mass is 15.0. The van der Waals surface area contributed by atoms with Gasteiger partial charge in [-0.05, 0) is 12.8 Å². The van der Waals surface area contributed by atoms with Crippen molar-refractivity contribution in [3.05, 3.63) is 0 Å². The molecule has 0 bridgehead atoms. The van der Waals surface area contributed by atoms with Crippen LogP contribution in [-0.4, -0.2) is 12.0 Å². The molecule has 1 saturated carbocycles. The van der Waals surface area contributed by atoms with E-state index in [2.05, 4.69) is 4.99 Å².